The second kappa shape index (κ2) is 5.35. The average molecular weight is 317 g/mol. The van der Waals surface area contributed by atoms with Crippen LogP contribution in [0.4, 0.5) is 5.82 Å². The molecule has 0 unspecified atom stereocenters. The lowest BCUT2D eigenvalue weighted by Crippen LogP contribution is -1.95. The van der Waals surface area contributed by atoms with Crippen molar-refractivity contribution in [1.29, 1.82) is 0 Å². The lowest BCUT2D eigenvalue weighted by Gasteiger charge is -2.01. The standard InChI is InChI=1S/C17H15N7/c1-3-24-10(2)21-13-8-11(5-7-14(13)24)4-6-12-15-16(18)19-9-20-17(15)23-22-12/h5,7-9H,3H2,1-2H3,(H3,18,19,20,22,23). The molecule has 24 heavy (non-hydrogen) atoms. The number of hydrogen-bond acceptors (Lipinski definition) is 5. The molecule has 7 nitrogen and oxygen atoms in total. The van der Waals surface area contributed by atoms with Crippen LogP contribution >= 0.6 is 0 Å². The maximum Gasteiger partial charge on any atom is 0.187 e. The fourth-order valence-corrected chi connectivity index (χ4v) is 2.83. The highest BCUT2D eigenvalue weighted by Gasteiger charge is 2.09. The summed E-state index contributed by atoms with van der Waals surface area (Å²) in [6.07, 6.45) is 1.38. The number of benzene rings is 1. The topological polar surface area (TPSA) is 98.3 Å². The molecule has 0 saturated heterocycles. The van der Waals surface area contributed by atoms with Gasteiger partial charge in [0.05, 0.1) is 16.4 Å². The highest BCUT2D eigenvalue weighted by atomic mass is 15.2. The third-order valence-electron chi connectivity index (χ3n) is 3.97. The number of nitrogen functional groups attached to an aromatic ring is 1. The molecule has 3 N–H and O–H groups in total. The number of aromatic nitrogens is 6. The Hall–Kier alpha value is -3.40. The van der Waals surface area contributed by atoms with Gasteiger partial charge in [-0.25, -0.2) is 15.0 Å². The second-order valence-corrected chi connectivity index (χ2v) is 5.41. The van der Waals surface area contributed by atoms with Crippen LogP contribution in [-0.4, -0.2) is 29.7 Å². The van der Waals surface area contributed by atoms with E-state index in [0.717, 1.165) is 29.0 Å². The number of nitrogens with two attached hydrogens (primary N) is 1. The fraction of sp³-hybridized carbons (Fsp3) is 0.176. The van der Waals surface area contributed by atoms with Gasteiger partial charge < -0.3 is 10.3 Å². The molecule has 0 radical (unpaired) electrons. The van der Waals surface area contributed by atoms with Crippen LogP contribution in [0.3, 0.4) is 0 Å². The number of nitrogens with one attached hydrogen (secondary N) is 1. The highest BCUT2D eigenvalue weighted by Crippen LogP contribution is 2.19. The van der Waals surface area contributed by atoms with Crippen molar-refractivity contribution in [3.05, 3.63) is 41.6 Å². The number of aromatic amines is 1. The first-order chi connectivity index (χ1) is 11.7. The van der Waals surface area contributed by atoms with Gasteiger partial charge in [0, 0.05) is 12.1 Å². The lowest BCUT2D eigenvalue weighted by molar-refractivity contribution is 0.753. The summed E-state index contributed by atoms with van der Waals surface area (Å²) in [5.74, 6) is 7.55. The van der Waals surface area contributed by atoms with Crippen molar-refractivity contribution < 1.29 is 0 Å². The summed E-state index contributed by atoms with van der Waals surface area (Å²) in [5, 5.41) is 7.60. The van der Waals surface area contributed by atoms with Gasteiger partial charge >= 0.3 is 0 Å². The minimum Gasteiger partial charge on any atom is -0.383 e. The quantitative estimate of drug-likeness (QED) is 0.523. The molecule has 0 spiro atoms. The SMILES string of the molecule is CCn1c(C)nc2cc(C#Cc3[nH]nc4ncnc(N)c34)ccc21. The van der Waals surface area contributed by atoms with Crippen molar-refractivity contribution in [2.24, 2.45) is 0 Å². The Morgan fingerprint density at radius 2 is 2.12 bits per heavy atom. The van der Waals surface area contributed by atoms with E-state index >= 15 is 0 Å². The highest BCUT2D eigenvalue weighted by molar-refractivity contribution is 5.90. The normalized spacial score (nSPS) is 10.9. The molecule has 0 fully saturated rings. The van der Waals surface area contributed by atoms with Crippen molar-refractivity contribution in [2.75, 3.05) is 5.73 Å². The van der Waals surface area contributed by atoms with E-state index < -0.39 is 0 Å². The lowest BCUT2D eigenvalue weighted by atomic mass is 10.2. The van der Waals surface area contributed by atoms with E-state index in [9.17, 15) is 0 Å². The van der Waals surface area contributed by atoms with E-state index in [1.807, 2.05) is 25.1 Å². The predicted molar refractivity (Wildman–Crippen MR) is 92.2 cm³/mol. The average Bonchev–Trinajstić information content (AvgIpc) is 3.13. The molecule has 7 heteroatoms. The Balaban J connectivity index is 1.78. The number of anilines is 1. The monoisotopic (exact) mass is 317 g/mol. The van der Waals surface area contributed by atoms with Crippen LogP contribution < -0.4 is 5.73 Å². The second-order valence-electron chi connectivity index (χ2n) is 5.41. The Morgan fingerprint density at radius 1 is 1.25 bits per heavy atom. The molecule has 0 aliphatic carbocycles. The molecule has 0 aliphatic heterocycles. The fourth-order valence-electron chi connectivity index (χ4n) is 2.83. The maximum atomic E-state index is 5.89. The molecule has 3 aromatic heterocycles. The number of rotatable bonds is 1. The molecular weight excluding hydrogens is 302 g/mol. The number of aryl methyl sites for hydroxylation is 2. The van der Waals surface area contributed by atoms with Gasteiger partial charge in [0.1, 0.15) is 23.7 Å². The Bertz CT molecular complexity index is 1120. The third-order valence-corrected chi connectivity index (χ3v) is 3.97. The zero-order chi connectivity index (χ0) is 16.7. The third kappa shape index (κ3) is 2.16. The Kier molecular flexibility index (Phi) is 3.17. The van der Waals surface area contributed by atoms with Gasteiger partial charge in [-0.15, -0.1) is 0 Å². The first-order valence-corrected chi connectivity index (χ1v) is 7.61. The Labute approximate surface area is 137 Å². The largest absolute Gasteiger partial charge is 0.383 e. The van der Waals surface area contributed by atoms with Crippen molar-refractivity contribution in [2.45, 2.75) is 20.4 Å². The number of nitrogens with zero attached hydrogens (tertiary/aromatic N) is 5. The molecule has 0 saturated carbocycles. The summed E-state index contributed by atoms with van der Waals surface area (Å²) in [4.78, 5) is 12.6. The molecule has 118 valence electrons. The van der Waals surface area contributed by atoms with Crippen LogP contribution in [0, 0.1) is 18.8 Å². The minimum atomic E-state index is 0.366. The number of fused-ring (bicyclic) bond motifs is 2. The van der Waals surface area contributed by atoms with Gasteiger partial charge in [0.2, 0.25) is 0 Å². The van der Waals surface area contributed by atoms with Crippen LogP contribution in [0.15, 0.2) is 24.5 Å². The molecule has 4 rings (SSSR count). The maximum absolute atomic E-state index is 5.89. The molecule has 0 atom stereocenters. The van der Waals surface area contributed by atoms with Crippen LogP contribution in [0.25, 0.3) is 22.1 Å². The summed E-state index contributed by atoms with van der Waals surface area (Å²) in [6.45, 7) is 5.01. The molecule has 4 aromatic rings. The number of H-pyrrole nitrogens is 1. The number of hydrogen-bond donors (Lipinski definition) is 2. The van der Waals surface area contributed by atoms with Gasteiger partial charge in [0.25, 0.3) is 0 Å². The molecule has 0 aliphatic rings. The molecule has 0 amide bonds. The van der Waals surface area contributed by atoms with E-state index in [4.69, 9.17) is 5.73 Å². The first-order valence-electron chi connectivity index (χ1n) is 7.61. The van der Waals surface area contributed by atoms with Gasteiger partial charge in [-0.1, -0.05) is 5.92 Å². The minimum absolute atomic E-state index is 0.366. The summed E-state index contributed by atoms with van der Waals surface area (Å²) < 4.78 is 2.17. The molecule has 0 bridgehead atoms. The van der Waals surface area contributed by atoms with E-state index in [1.165, 1.54) is 6.33 Å². The molecule has 1 aromatic carbocycles. The summed E-state index contributed by atoms with van der Waals surface area (Å²) >= 11 is 0. The van der Waals surface area contributed by atoms with Crippen LogP contribution in [0.1, 0.15) is 24.0 Å². The van der Waals surface area contributed by atoms with Gasteiger partial charge in [-0.05, 0) is 38.0 Å². The van der Waals surface area contributed by atoms with E-state index in [0.29, 0.717) is 22.5 Å². The van der Waals surface area contributed by atoms with Crippen LogP contribution in [-0.2, 0) is 6.54 Å². The van der Waals surface area contributed by atoms with Crippen molar-refractivity contribution in [3.8, 4) is 11.8 Å². The zero-order valence-electron chi connectivity index (χ0n) is 13.3. The van der Waals surface area contributed by atoms with E-state index in [1.54, 1.807) is 0 Å². The Morgan fingerprint density at radius 3 is 2.96 bits per heavy atom. The van der Waals surface area contributed by atoms with Gasteiger partial charge in [-0.3, -0.25) is 5.10 Å². The van der Waals surface area contributed by atoms with Gasteiger partial charge in [-0.2, -0.15) is 5.10 Å². The number of imidazole rings is 1. The van der Waals surface area contributed by atoms with Crippen molar-refractivity contribution in [3.63, 3.8) is 0 Å². The van der Waals surface area contributed by atoms with Gasteiger partial charge in [0.15, 0.2) is 5.65 Å². The smallest absolute Gasteiger partial charge is 0.187 e. The predicted octanol–water partition coefficient (Wildman–Crippen LogP) is 2.01. The molecule has 3 heterocycles. The first kappa shape index (κ1) is 14.2. The van der Waals surface area contributed by atoms with E-state index in [2.05, 4.69) is 48.5 Å². The van der Waals surface area contributed by atoms with E-state index in [-0.39, 0.29) is 0 Å². The summed E-state index contributed by atoms with van der Waals surface area (Å²) in [6, 6.07) is 6.02. The van der Waals surface area contributed by atoms with Crippen molar-refractivity contribution in [1.82, 2.24) is 29.7 Å². The van der Waals surface area contributed by atoms with Crippen molar-refractivity contribution >= 4 is 27.9 Å². The van der Waals surface area contributed by atoms with Crippen LogP contribution in [0.5, 0.6) is 0 Å². The van der Waals surface area contributed by atoms with Crippen LogP contribution in [0.2, 0.25) is 0 Å². The summed E-state index contributed by atoms with van der Waals surface area (Å²) in [5.41, 5.74) is 9.95. The summed E-state index contributed by atoms with van der Waals surface area (Å²) in [7, 11) is 0. The molecular formula is C17H15N7. The zero-order valence-corrected chi connectivity index (χ0v) is 13.3.